The molecule has 0 saturated carbocycles. The van der Waals surface area contributed by atoms with Gasteiger partial charge < -0.3 is 10.6 Å². The smallest absolute Gasteiger partial charge is 0.350 e. The molecule has 1 amide bonds. The van der Waals surface area contributed by atoms with Gasteiger partial charge in [0.25, 0.3) is 0 Å². The summed E-state index contributed by atoms with van der Waals surface area (Å²) in [6, 6.07) is 6.58. The Kier molecular flexibility index (Phi) is 6.30. The summed E-state index contributed by atoms with van der Waals surface area (Å²) in [6.07, 6.45) is 0.248. The number of halogens is 4. The molecule has 1 aliphatic heterocycles. The lowest BCUT2D eigenvalue weighted by molar-refractivity contribution is -0.137. The summed E-state index contributed by atoms with van der Waals surface area (Å²) in [5.74, 6) is -0.169. The topological polar surface area (TPSA) is 59.0 Å². The zero-order valence-electron chi connectivity index (χ0n) is 13.9. The van der Waals surface area contributed by atoms with Gasteiger partial charge >= 0.3 is 6.18 Å². The van der Waals surface area contributed by atoms with Crippen LogP contribution in [-0.4, -0.2) is 28.8 Å². The zero-order valence-corrected chi connectivity index (χ0v) is 14.7. The maximum atomic E-state index is 12.8. The number of rotatable bonds is 4. The van der Waals surface area contributed by atoms with E-state index in [1.54, 1.807) is 23.1 Å². The van der Waals surface area contributed by atoms with Gasteiger partial charge in [-0.2, -0.15) is 18.3 Å². The molecule has 1 aromatic heterocycles. The molecule has 1 aliphatic rings. The molecule has 2 heterocycles. The van der Waals surface area contributed by atoms with Crippen LogP contribution in [0.1, 0.15) is 24.0 Å². The maximum Gasteiger partial charge on any atom is 0.416 e. The molecule has 3 rings (SSSR count). The second kappa shape index (κ2) is 8.09. The van der Waals surface area contributed by atoms with Crippen LogP contribution in [0.4, 0.5) is 13.2 Å². The van der Waals surface area contributed by atoms with E-state index in [0.29, 0.717) is 31.5 Å². The second-order valence-corrected chi connectivity index (χ2v) is 6.11. The van der Waals surface area contributed by atoms with Crippen molar-refractivity contribution >= 4 is 18.3 Å². The van der Waals surface area contributed by atoms with E-state index in [4.69, 9.17) is 0 Å². The third-order valence-electron chi connectivity index (χ3n) is 4.53. The lowest BCUT2D eigenvalue weighted by atomic mass is 9.87. The van der Waals surface area contributed by atoms with Gasteiger partial charge in [0.1, 0.15) is 5.54 Å². The summed E-state index contributed by atoms with van der Waals surface area (Å²) in [5, 5.41) is 10.3. The van der Waals surface area contributed by atoms with Crippen molar-refractivity contribution in [1.29, 1.82) is 0 Å². The summed E-state index contributed by atoms with van der Waals surface area (Å²) in [6.45, 7) is 1.58. The molecule has 2 aromatic rings. The molecule has 0 spiro atoms. The van der Waals surface area contributed by atoms with Crippen molar-refractivity contribution in [2.24, 2.45) is 0 Å². The van der Waals surface area contributed by atoms with Crippen LogP contribution in [0.3, 0.4) is 0 Å². The van der Waals surface area contributed by atoms with Gasteiger partial charge in [-0.3, -0.25) is 9.48 Å². The van der Waals surface area contributed by atoms with Gasteiger partial charge in [-0.15, -0.1) is 12.4 Å². The molecule has 142 valence electrons. The van der Waals surface area contributed by atoms with E-state index >= 15 is 0 Å². The summed E-state index contributed by atoms with van der Waals surface area (Å²) in [4.78, 5) is 12.8. The van der Waals surface area contributed by atoms with Crippen LogP contribution < -0.4 is 10.6 Å². The van der Waals surface area contributed by atoms with Crippen LogP contribution in [0.15, 0.2) is 42.7 Å². The number of nitrogens with zero attached hydrogens (tertiary/aromatic N) is 2. The standard InChI is InChI=1S/C17H19F3N4O.ClH/c18-17(19,20)14-4-2-13(3-5-14)12-22-15(25)16(6-9-21-10-7-16)24-11-1-8-23-24;/h1-5,8,11,21H,6-7,9-10,12H2,(H,22,25);1H. The molecule has 1 aromatic carbocycles. The number of hydrogen-bond acceptors (Lipinski definition) is 3. The number of aromatic nitrogens is 2. The van der Waals surface area contributed by atoms with E-state index in [2.05, 4.69) is 15.7 Å². The predicted molar refractivity (Wildman–Crippen MR) is 92.8 cm³/mol. The van der Waals surface area contributed by atoms with Crippen molar-refractivity contribution in [1.82, 2.24) is 20.4 Å². The minimum Gasteiger partial charge on any atom is -0.350 e. The fourth-order valence-electron chi connectivity index (χ4n) is 3.08. The van der Waals surface area contributed by atoms with E-state index in [1.807, 2.05) is 0 Å². The highest BCUT2D eigenvalue weighted by Gasteiger charge is 2.41. The Morgan fingerprint density at radius 3 is 2.42 bits per heavy atom. The van der Waals surface area contributed by atoms with Crippen LogP contribution in [-0.2, 0) is 23.1 Å². The van der Waals surface area contributed by atoms with Gasteiger partial charge in [0, 0.05) is 18.9 Å². The van der Waals surface area contributed by atoms with Crippen LogP contribution >= 0.6 is 12.4 Å². The first-order chi connectivity index (χ1) is 11.9. The van der Waals surface area contributed by atoms with Crippen LogP contribution in [0.2, 0.25) is 0 Å². The average Bonchev–Trinajstić information content (AvgIpc) is 3.15. The van der Waals surface area contributed by atoms with Gasteiger partial charge in [-0.25, -0.2) is 0 Å². The lowest BCUT2D eigenvalue weighted by Crippen LogP contribution is -2.54. The number of amides is 1. The summed E-state index contributed by atoms with van der Waals surface area (Å²) < 4.78 is 39.5. The van der Waals surface area contributed by atoms with Crippen LogP contribution in [0.25, 0.3) is 0 Å². The number of benzene rings is 1. The highest BCUT2D eigenvalue weighted by atomic mass is 35.5. The van der Waals surface area contributed by atoms with E-state index in [1.165, 1.54) is 12.1 Å². The first-order valence-corrected chi connectivity index (χ1v) is 8.07. The number of carbonyl (C=O) groups is 1. The third kappa shape index (κ3) is 4.19. The maximum absolute atomic E-state index is 12.8. The van der Waals surface area contributed by atoms with E-state index in [9.17, 15) is 18.0 Å². The largest absolute Gasteiger partial charge is 0.416 e. The highest BCUT2D eigenvalue weighted by molar-refractivity contribution is 5.85. The Bertz CT molecular complexity index is 711. The molecule has 2 N–H and O–H groups in total. The first kappa shape index (κ1) is 20.3. The van der Waals surface area contributed by atoms with Crippen molar-refractivity contribution < 1.29 is 18.0 Å². The number of hydrogen-bond donors (Lipinski definition) is 2. The molecule has 0 atom stereocenters. The molecular weight excluding hydrogens is 369 g/mol. The van der Waals surface area contributed by atoms with Gasteiger partial charge in [-0.05, 0) is 49.7 Å². The SMILES string of the molecule is Cl.O=C(NCc1ccc(C(F)(F)F)cc1)C1(n2cccn2)CCNCC1. The lowest BCUT2D eigenvalue weighted by Gasteiger charge is -2.36. The quantitative estimate of drug-likeness (QED) is 0.846. The predicted octanol–water partition coefficient (Wildman–Crippen LogP) is 2.72. The number of nitrogens with one attached hydrogen (secondary N) is 2. The Hall–Kier alpha value is -2.06. The Morgan fingerprint density at radius 2 is 1.88 bits per heavy atom. The van der Waals surface area contributed by atoms with E-state index in [0.717, 1.165) is 12.1 Å². The van der Waals surface area contributed by atoms with Crippen molar-refractivity contribution in [2.45, 2.75) is 31.1 Å². The first-order valence-electron chi connectivity index (χ1n) is 8.07. The second-order valence-electron chi connectivity index (χ2n) is 6.11. The van der Waals surface area contributed by atoms with Crippen molar-refractivity contribution in [3.63, 3.8) is 0 Å². The fraction of sp³-hybridized carbons (Fsp3) is 0.412. The molecule has 5 nitrogen and oxygen atoms in total. The Morgan fingerprint density at radius 1 is 1.23 bits per heavy atom. The van der Waals surface area contributed by atoms with Crippen molar-refractivity contribution in [3.05, 3.63) is 53.9 Å². The fourth-order valence-corrected chi connectivity index (χ4v) is 3.08. The molecule has 1 fully saturated rings. The highest BCUT2D eigenvalue weighted by Crippen LogP contribution is 2.29. The van der Waals surface area contributed by atoms with Gasteiger partial charge in [0.05, 0.1) is 5.56 Å². The number of piperidine rings is 1. The van der Waals surface area contributed by atoms with Crippen molar-refractivity contribution in [3.8, 4) is 0 Å². The summed E-state index contributed by atoms with van der Waals surface area (Å²) in [7, 11) is 0. The van der Waals surface area contributed by atoms with Gasteiger partial charge in [0.2, 0.25) is 5.91 Å². The normalized spacial score (nSPS) is 16.6. The van der Waals surface area contributed by atoms with Crippen LogP contribution in [0, 0.1) is 0 Å². The molecular formula is C17H20ClF3N4O. The van der Waals surface area contributed by atoms with Crippen LogP contribution in [0.5, 0.6) is 0 Å². The molecule has 0 radical (unpaired) electrons. The molecule has 0 unspecified atom stereocenters. The summed E-state index contributed by atoms with van der Waals surface area (Å²) >= 11 is 0. The summed E-state index contributed by atoms with van der Waals surface area (Å²) in [5.41, 5.74) is -0.847. The monoisotopic (exact) mass is 388 g/mol. The number of alkyl halides is 3. The minimum atomic E-state index is -4.36. The molecule has 1 saturated heterocycles. The van der Waals surface area contributed by atoms with Gasteiger partial charge in [0.15, 0.2) is 0 Å². The molecule has 9 heteroatoms. The van der Waals surface area contributed by atoms with E-state index in [-0.39, 0.29) is 24.9 Å². The molecule has 26 heavy (non-hydrogen) atoms. The average molecular weight is 389 g/mol. The van der Waals surface area contributed by atoms with Gasteiger partial charge in [-0.1, -0.05) is 12.1 Å². The molecule has 0 bridgehead atoms. The Balaban J connectivity index is 0.00000243. The zero-order chi connectivity index (χ0) is 17.9. The minimum absolute atomic E-state index is 0. The van der Waals surface area contributed by atoms with E-state index < -0.39 is 17.3 Å². The molecule has 0 aliphatic carbocycles. The van der Waals surface area contributed by atoms with Crippen molar-refractivity contribution in [2.75, 3.05) is 13.1 Å². The third-order valence-corrected chi connectivity index (χ3v) is 4.53. The Labute approximate surface area is 155 Å². The number of carbonyl (C=O) groups excluding carboxylic acids is 1.